The lowest BCUT2D eigenvalue weighted by Crippen LogP contribution is -2.36. The molecule has 27 heavy (non-hydrogen) atoms. The van der Waals surface area contributed by atoms with E-state index in [2.05, 4.69) is 19.9 Å². The summed E-state index contributed by atoms with van der Waals surface area (Å²) in [6.45, 7) is -0.182. The van der Waals surface area contributed by atoms with Gasteiger partial charge >= 0.3 is 0 Å². The zero-order valence-electron chi connectivity index (χ0n) is 13.6. The summed E-state index contributed by atoms with van der Waals surface area (Å²) in [5.74, 6) is -4.08. The van der Waals surface area contributed by atoms with Gasteiger partial charge in [0.05, 0.1) is 17.3 Å². The number of amides is 2. The standard InChI is InChI=1S/C14H14ClFN6O5/c15-8-5-6(1-2-9(8)16)19-13(20-25)10-14(22-27-21-10)26-4-3-7(11(17)23)12(18)24/h1-2,5,7,25H,3-4H2,(H2,17,23)(H2,18,24)(H,19,20). The lowest BCUT2D eigenvalue weighted by Gasteiger charge is -2.09. The van der Waals surface area contributed by atoms with Gasteiger partial charge in [-0.25, -0.2) is 14.0 Å². The molecule has 0 radical (unpaired) electrons. The van der Waals surface area contributed by atoms with E-state index in [1.165, 1.54) is 12.1 Å². The fraction of sp³-hybridized carbons (Fsp3) is 0.214. The molecule has 2 amide bonds. The van der Waals surface area contributed by atoms with E-state index in [4.69, 9.17) is 27.8 Å². The number of rotatable bonds is 8. The molecule has 144 valence electrons. The Bertz CT molecular complexity index is 859. The SMILES string of the molecule is NC(=O)C(CCOc1nonc1C(=Nc1ccc(F)c(Cl)c1)NO)C(N)=O. The number of aromatic nitrogens is 2. The second kappa shape index (κ2) is 8.91. The minimum atomic E-state index is -1.22. The molecule has 0 fully saturated rings. The number of carbonyl (C=O) groups excluding carboxylic acids is 2. The van der Waals surface area contributed by atoms with Gasteiger partial charge in [-0.1, -0.05) is 11.6 Å². The fourth-order valence-corrected chi connectivity index (χ4v) is 2.11. The van der Waals surface area contributed by atoms with Gasteiger partial charge in [0.1, 0.15) is 11.7 Å². The highest BCUT2D eigenvalue weighted by atomic mass is 35.5. The van der Waals surface area contributed by atoms with Crippen LogP contribution in [0.15, 0.2) is 27.8 Å². The number of benzene rings is 1. The zero-order chi connectivity index (χ0) is 20.0. The number of hydrogen-bond acceptors (Lipinski definition) is 8. The largest absolute Gasteiger partial charge is 0.474 e. The number of nitrogens with zero attached hydrogens (tertiary/aromatic N) is 3. The van der Waals surface area contributed by atoms with Crippen LogP contribution in [-0.2, 0) is 9.59 Å². The molecule has 0 atom stereocenters. The van der Waals surface area contributed by atoms with Gasteiger partial charge in [-0.15, -0.1) is 0 Å². The average Bonchev–Trinajstić information content (AvgIpc) is 3.07. The maximum Gasteiger partial charge on any atom is 0.287 e. The van der Waals surface area contributed by atoms with E-state index in [1.807, 2.05) is 0 Å². The molecule has 0 aliphatic rings. The first-order chi connectivity index (χ1) is 12.8. The van der Waals surface area contributed by atoms with Gasteiger partial charge in [0.25, 0.3) is 5.88 Å². The predicted octanol–water partition coefficient (Wildman–Crippen LogP) is 0.275. The first kappa shape index (κ1) is 20.1. The second-order valence-electron chi connectivity index (χ2n) is 5.08. The molecule has 6 N–H and O–H groups in total. The van der Waals surface area contributed by atoms with Crippen molar-refractivity contribution in [3.63, 3.8) is 0 Å². The summed E-state index contributed by atoms with van der Waals surface area (Å²) in [6.07, 6.45) is -0.108. The lowest BCUT2D eigenvalue weighted by molar-refractivity contribution is -0.132. The van der Waals surface area contributed by atoms with Crippen LogP contribution in [0.1, 0.15) is 12.1 Å². The second-order valence-corrected chi connectivity index (χ2v) is 5.49. The molecule has 11 nitrogen and oxygen atoms in total. The van der Waals surface area contributed by atoms with Crippen molar-refractivity contribution in [3.8, 4) is 5.88 Å². The third-order valence-electron chi connectivity index (χ3n) is 3.26. The van der Waals surface area contributed by atoms with Crippen molar-refractivity contribution in [2.75, 3.05) is 6.61 Å². The number of hydrogen-bond donors (Lipinski definition) is 4. The molecule has 0 spiro atoms. The number of carbonyl (C=O) groups is 2. The van der Waals surface area contributed by atoms with Gasteiger partial charge in [0, 0.05) is 6.42 Å². The number of amidine groups is 1. The summed E-state index contributed by atoms with van der Waals surface area (Å²) in [7, 11) is 0. The molecule has 0 saturated carbocycles. The molecule has 1 aromatic heterocycles. The van der Waals surface area contributed by atoms with E-state index < -0.39 is 23.5 Å². The van der Waals surface area contributed by atoms with Gasteiger partial charge in [-0.2, -0.15) is 0 Å². The quantitative estimate of drug-likeness (QED) is 0.211. The van der Waals surface area contributed by atoms with Crippen LogP contribution in [0.25, 0.3) is 0 Å². The molecule has 2 aromatic rings. The summed E-state index contributed by atoms with van der Waals surface area (Å²) in [6, 6.07) is 3.60. The summed E-state index contributed by atoms with van der Waals surface area (Å²) in [5.41, 5.74) is 12.0. The number of nitrogens with two attached hydrogens (primary N) is 2. The lowest BCUT2D eigenvalue weighted by atomic mass is 10.1. The molecular weight excluding hydrogens is 387 g/mol. The highest BCUT2D eigenvalue weighted by Gasteiger charge is 2.23. The van der Waals surface area contributed by atoms with Crippen molar-refractivity contribution in [1.29, 1.82) is 0 Å². The monoisotopic (exact) mass is 400 g/mol. The Labute approximate surface area is 156 Å². The van der Waals surface area contributed by atoms with E-state index in [0.29, 0.717) is 0 Å². The van der Waals surface area contributed by atoms with Crippen molar-refractivity contribution in [2.45, 2.75) is 6.42 Å². The van der Waals surface area contributed by atoms with Crippen LogP contribution < -0.4 is 21.7 Å². The molecule has 13 heteroatoms. The van der Waals surface area contributed by atoms with Gasteiger partial charge in [-0.3, -0.25) is 20.3 Å². The van der Waals surface area contributed by atoms with Gasteiger partial charge < -0.3 is 16.2 Å². The van der Waals surface area contributed by atoms with Gasteiger partial charge in [0.15, 0.2) is 5.84 Å². The van der Waals surface area contributed by atoms with Crippen molar-refractivity contribution < 1.29 is 28.6 Å². The Morgan fingerprint density at radius 2 is 2.07 bits per heavy atom. The summed E-state index contributed by atoms with van der Waals surface area (Å²) in [4.78, 5) is 26.3. The maximum absolute atomic E-state index is 13.2. The molecule has 0 aliphatic heterocycles. The normalized spacial score (nSPS) is 11.5. The van der Waals surface area contributed by atoms with Crippen LogP contribution in [0.5, 0.6) is 5.88 Å². The maximum atomic E-state index is 13.2. The number of ether oxygens (including phenoxy) is 1. The molecule has 1 heterocycles. The van der Waals surface area contributed by atoms with E-state index in [0.717, 1.165) is 6.07 Å². The van der Waals surface area contributed by atoms with Gasteiger partial charge in [-0.05, 0) is 28.5 Å². The number of halogens is 2. The number of nitrogens with one attached hydrogen (secondary N) is 1. The van der Waals surface area contributed by atoms with Crippen LogP contribution >= 0.6 is 11.6 Å². The highest BCUT2D eigenvalue weighted by molar-refractivity contribution is 6.31. The third kappa shape index (κ3) is 5.12. The smallest absolute Gasteiger partial charge is 0.287 e. The van der Waals surface area contributed by atoms with Crippen molar-refractivity contribution in [2.24, 2.45) is 22.4 Å². The first-order valence-electron chi connectivity index (χ1n) is 7.31. The molecule has 0 saturated heterocycles. The molecule has 0 unspecified atom stereocenters. The van der Waals surface area contributed by atoms with Crippen LogP contribution in [0, 0.1) is 11.7 Å². The van der Waals surface area contributed by atoms with Gasteiger partial charge in [0.2, 0.25) is 17.5 Å². The predicted molar refractivity (Wildman–Crippen MR) is 88.8 cm³/mol. The van der Waals surface area contributed by atoms with E-state index >= 15 is 0 Å². The number of aliphatic imine (C=N–C) groups is 1. The van der Waals surface area contributed by atoms with E-state index in [9.17, 15) is 19.2 Å². The van der Waals surface area contributed by atoms with Crippen molar-refractivity contribution >= 4 is 34.9 Å². The zero-order valence-corrected chi connectivity index (χ0v) is 14.3. The first-order valence-corrected chi connectivity index (χ1v) is 7.69. The Hall–Kier alpha value is -3.25. The Balaban J connectivity index is 2.15. The Morgan fingerprint density at radius 1 is 1.37 bits per heavy atom. The van der Waals surface area contributed by atoms with Crippen LogP contribution in [0.3, 0.4) is 0 Å². The Kier molecular flexibility index (Phi) is 6.62. The fourth-order valence-electron chi connectivity index (χ4n) is 1.93. The molecule has 1 aromatic carbocycles. The number of primary amides is 2. The van der Waals surface area contributed by atoms with Crippen LogP contribution in [0.4, 0.5) is 10.1 Å². The van der Waals surface area contributed by atoms with Crippen molar-refractivity contribution in [3.05, 3.63) is 34.7 Å². The number of hydroxylamine groups is 1. The summed E-state index contributed by atoms with van der Waals surface area (Å²) in [5, 5.41) is 16.1. The summed E-state index contributed by atoms with van der Waals surface area (Å²) >= 11 is 5.67. The van der Waals surface area contributed by atoms with Crippen molar-refractivity contribution in [1.82, 2.24) is 15.8 Å². The minimum Gasteiger partial charge on any atom is -0.474 e. The topological polar surface area (TPSA) is 179 Å². The molecular formula is C14H14ClFN6O5. The Morgan fingerprint density at radius 3 is 2.67 bits per heavy atom. The van der Waals surface area contributed by atoms with E-state index in [1.54, 1.807) is 5.48 Å². The molecule has 0 bridgehead atoms. The van der Waals surface area contributed by atoms with Crippen LogP contribution in [-0.4, -0.2) is 39.8 Å². The minimum absolute atomic E-state index is 0.108. The third-order valence-corrected chi connectivity index (χ3v) is 3.55. The average molecular weight is 401 g/mol. The summed E-state index contributed by atoms with van der Waals surface area (Å²) < 4.78 is 23.0. The van der Waals surface area contributed by atoms with Crippen LogP contribution in [0.2, 0.25) is 5.02 Å². The molecule has 2 rings (SSSR count). The highest BCUT2D eigenvalue weighted by Crippen LogP contribution is 2.23. The van der Waals surface area contributed by atoms with E-state index in [-0.39, 0.29) is 41.1 Å². The molecule has 0 aliphatic carbocycles.